The summed E-state index contributed by atoms with van der Waals surface area (Å²) in [6.45, 7) is 0.989. The molecule has 0 fully saturated rings. The number of carbonyl (C=O) groups excluding carboxylic acids is 1. The summed E-state index contributed by atoms with van der Waals surface area (Å²) in [5, 5.41) is 6.07. The van der Waals surface area contributed by atoms with Crippen LogP contribution >= 0.6 is 15.9 Å². The fourth-order valence-electron chi connectivity index (χ4n) is 2.78. The third-order valence-corrected chi connectivity index (χ3v) is 4.63. The van der Waals surface area contributed by atoms with Crippen LogP contribution in [0.2, 0.25) is 0 Å². The Morgan fingerprint density at radius 3 is 2.96 bits per heavy atom. The minimum absolute atomic E-state index is 0.0468. The van der Waals surface area contributed by atoms with Gasteiger partial charge in [-0.15, -0.1) is 0 Å². The Hall–Kier alpha value is -2.60. The monoisotopic (exact) mass is 383 g/mol. The number of fused-ring (bicyclic) bond motifs is 1. The highest BCUT2D eigenvalue weighted by molar-refractivity contribution is 9.10. The number of benzene rings is 2. The van der Waals surface area contributed by atoms with Crippen LogP contribution in [0.15, 0.2) is 57.6 Å². The highest BCUT2D eigenvalue weighted by atomic mass is 79.9. The van der Waals surface area contributed by atoms with Crippen LogP contribution in [0.3, 0.4) is 0 Å². The van der Waals surface area contributed by atoms with Crippen molar-refractivity contribution in [1.82, 2.24) is 10.3 Å². The third-order valence-electron chi connectivity index (χ3n) is 3.94. The van der Waals surface area contributed by atoms with Gasteiger partial charge in [-0.3, -0.25) is 4.79 Å². The zero-order valence-corrected chi connectivity index (χ0v) is 14.3. The summed E-state index contributed by atoms with van der Waals surface area (Å²) in [4.78, 5) is 16.2. The molecule has 24 heavy (non-hydrogen) atoms. The molecule has 6 heteroatoms. The van der Waals surface area contributed by atoms with Crippen LogP contribution in [0.4, 0.5) is 5.69 Å². The Bertz CT molecular complexity index is 920. The van der Waals surface area contributed by atoms with Crippen molar-refractivity contribution in [3.05, 3.63) is 70.2 Å². The van der Waals surface area contributed by atoms with Crippen LogP contribution in [-0.4, -0.2) is 10.9 Å². The highest BCUT2D eigenvalue weighted by Gasteiger charge is 2.22. The first-order valence-electron chi connectivity index (χ1n) is 7.56. The van der Waals surface area contributed by atoms with Crippen molar-refractivity contribution in [3.63, 3.8) is 0 Å². The molecule has 1 aliphatic rings. The summed E-state index contributed by atoms with van der Waals surface area (Å²) in [5.41, 5.74) is 3.46. The zero-order valence-electron chi connectivity index (χ0n) is 12.7. The molecule has 5 nitrogen and oxygen atoms in total. The number of nitrogens with zero attached hydrogens (tertiary/aromatic N) is 1. The quantitative estimate of drug-likeness (QED) is 0.715. The molecule has 0 aliphatic carbocycles. The molecular formula is C18H14BrN3O2. The van der Waals surface area contributed by atoms with Crippen LogP contribution in [0.1, 0.15) is 21.8 Å². The largest absolute Gasteiger partial charge is 0.439 e. The number of carbonyl (C=O) groups is 1. The van der Waals surface area contributed by atoms with Crippen LogP contribution < -0.4 is 10.6 Å². The van der Waals surface area contributed by atoms with E-state index in [4.69, 9.17) is 4.42 Å². The molecule has 2 aromatic carbocycles. The SMILES string of the molecule is O=C1NCc2cccc(NCc3ncc(-c4ccccc4Br)o3)c21. The average Bonchev–Trinajstić information content (AvgIpc) is 3.21. The van der Waals surface area contributed by atoms with Gasteiger partial charge in [0.2, 0.25) is 5.89 Å². The molecule has 4 rings (SSSR count). The lowest BCUT2D eigenvalue weighted by molar-refractivity contribution is 0.0966. The number of hydrogen-bond acceptors (Lipinski definition) is 4. The number of oxazole rings is 1. The van der Waals surface area contributed by atoms with E-state index in [9.17, 15) is 4.79 Å². The highest BCUT2D eigenvalue weighted by Crippen LogP contribution is 2.29. The van der Waals surface area contributed by atoms with Crippen molar-refractivity contribution < 1.29 is 9.21 Å². The Kier molecular flexibility index (Phi) is 3.82. The normalized spacial score (nSPS) is 12.8. The minimum Gasteiger partial charge on any atom is -0.439 e. The molecule has 3 aromatic rings. The number of anilines is 1. The van der Waals surface area contributed by atoms with Crippen LogP contribution in [-0.2, 0) is 13.1 Å². The number of rotatable bonds is 4. The maximum atomic E-state index is 11.9. The van der Waals surface area contributed by atoms with Gasteiger partial charge in [0, 0.05) is 22.3 Å². The van der Waals surface area contributed by atoms with Gasteiger partial charge in [0.15, 0.2) is 5.76 Å². The molecule has 2 N–H and O–H groups in total. The van der Waals surface area contributed by atoms with Crippen LogP contribution in [0.25, 0.3) is 11.3 Å². The van der Waals surface area contributed by atoms with E-state index in [2.05, 4.69) is 31.5 Å². The van der Waals surface area contributed by atoms with Gasteiger partial charge in [-0.25, -0.2) is 4.98 Å². The van der Waals surface area contributed by atoms with Gasteiger partial charge in [0.1, 0.15) is 0 Å². The van der Waals surface area contributed by atoms with E-state index in [1.54, 1.807) is 6.20 Å². The second-order valence-corrected chi connectivity index (χ2v) is 6.33. The molecular weight excluding hydrogens is 370 g/mol. The molecule has 0 radical (unpaired) electrons. The van der Waals surface area contributed by atoms with Crippen molar-refractivity contribution in [2.45, 2.75) is 13.1 Å². The fourth-order valence-corrected chi connectivity index (χ4v) is 3.26. The first kappa shape index (κ1) is 15.0. The van der Waals surface area contributed by atoms with Gasteiger partial charge in [-0.05, 0) is 17.7 Å². The van der Waals surface area contributed by atoms with Gasteiger partial charge in [-0.1, -0.05) is 46.3 Å². The van der Waals surface area contributed by atoms with Crippen molar-refractivity contribution in [3.8, 4) is 11.3 Å². The number of aromatic nitrogens is 1. The standard InChI is InChI=1S/C18H14BrN3O2/c19-13-6-2-1-5-12(13)15-9-21-16(24-15)10-20-14-7-3-4-11-8-22-18(23)17(11)14/h1-7,9,20H,8,10H2,(H,22,23). The lowest BCUT2D eigenvalue weighted by atomic mass is 10.1. The zero-order chi connectivity index (χ0) is 16.5. The van der Waals surface area contributed by atoms with E-state index in [0.29, 0.717) is 30.3 Å². The smallest absolute Gasteiger partial charge is 0.253 e. The van der Waals surface area contributed by atoms with Crippen molar-refractivity contribution >= 4 is 27.5 Å². The molecule has 0 spiro atoms. The maximum absolute atomic E-state index is 11.9. The van der Waals surface area contributed by atoms with Crippen molar-refractivity contribution in [1.29, 1.82) is 0 Å². The molecule has 0 saturated heterocycles. The van der Waals surface area contributed by atoms with Crippen LogP contribution in [0.5, 0.6) is 0 Å². The molecule has 0 bridgehead atoms. The minimum atomic E-state index is -0.0468. The average molecular weight is 384 g/mol. The first-order valence-corrected chi connectivity index (χ1v) is 8.35. The summed E-state index contributed by atoms with van der Waals surface area (Å²) in [5.74, 6) is 1.22. The second kappa shape index (κ2) is 6.13. The van der Waals surface area contributed by atoms with Gasteiger partial charge < -0.3 is 15.1 Å². The van der Waals surface area contributed by atoms with E-state index in [0.717, 1.165) is 21.3 Å². The number of nitrogens with one attached hydrogen (secondary N) is 2. The summed E-state index contributed by atoms with van der Waals surface area (Å²) < 4.78 is 6.77. The summed E-state index contributed by atoms with van der Waals surface area (Å²) >= 11 is 3.51. The van der Waals surface area contributed by atoms with E-state index in [1.807, 2.05) is 42.5 Å². The maximum Gasteiger partial charge on any atom is 0.253 e. The Morgan fingerprint density at radius 1 is 1.21 bits per heavy atom. The van der Waals surface area contributed by atoms with Gasteiger partial charge in [0.25, 0.3) is 5.91 Å². The Balaban J connectivity index is 1.53. The molecule has 0 saturated carbocycles. The number of hydrogen-bond donors (Lipinski definition) is 2. The molecule has 0 atom stereocenters. The van der Waals surface area contributed by atoms with Gasteiger partial charge >= 0.3 is 0 Å². The van der Waals surface area contributed by atoms with E-state index in [-0.39, 0.29) is 5.91 Å². The van der Waals surface area contributed by atoms with Crippen molar-refractivity contribution in [2.24, 2.45) is 0 Å². The predicted octanol–water partition coefficient (Wildman–Crippen LogP) is 3.96. The molecule has 2 heterocycles. The fraction of sp³-hybridized carbons (Fsp3) is 0.111. The van der Waals surface area contributed by atoms with Gasteiger partial charge in [-0.2, -0.15) is 0 Å². The summed E-state index contributed by atoms with van der Waals surface area (Å²) in [6, 6.07) is 13.6. The van der Waals surface area contributed by atoms with E-state index >= 15 is 0 Å². The first-order chi connectivity index (χ1) is 11.7. The second-order valence-electron chi connectivity index (χ2n) is 5.47. The Morgan fingerprint density at radius 2 is 2.08 bits per heavy atom. The lowest BCUT2D eigenvalue weighted by Gasteiger charge is -2.08. The Labute approximate surface area is 147 Å². The number of amides is 1. The van der Waals surface area contributed by atoms with Gasteiger partial charge in [0.05, 0.1) is 18.3 Å². The molecule has 1 aromatic heterocycles. The van der Waals surface area contributed by atoms with E-state index < -0.39 is 0 Å². The summed E-state index contributed by atoms with van der Waals surface area (Å²) in [6.07, 6.45) is 1.71. The number of halogens is 1. The molecule has 120 valence electrons. The molecule has 1 amide bonds. The topological polar surface area (TPSA) is 67.2 Å². The van der Waals surface area contributed by atoms with Crippen LogP contribution in [0, 0.1) is 0 Å². The van der Waals surface area contributed by atoms with E-state index in [1.165, 1.54) is 0 Å². The third kappa shape index (κ3) is 2.69. The molecule has 0 unspecified atom stereocenters. The van der Waals surface area contributed by atoms with Crippen molar-refractivity contribution in [2.75, 3.05) is 5.32 Å². The molecule has 1 aliphatic heterocycles. The predicted molar refractivity (Wildman–Crippen MR) is 94.6 cm³/mol. The summed E-state index contributed by atoms with van der Waals surface area (Å²) in [7, 11) is 0. The lowest BCUT2D eigenvalue weighted by Crippen LogP contribution is -2.14.